The second-order valence-electron chi connectivity index (χ2n) is 5.49. The summed E-state index contributed by atoms with van der Waals surface area (Å²) in [5.74, 6) is 0.878. The number of aryl methyl sites for hydroxylation is 1. The van der Waals surface area contributed by atoms with E-state index < -0.39 is 0 Å². The van der Waals surface area contributed by atoms with Crippen LogP contribution in [0, 0.1) is 0 Å². The topological polar surface area (TPSA) is 77.6 Å². The number of benzene rings is 1. The molecule has 0 bridgehead atoms. The van der Waals surface area contributed by atoms with Crippen molar-refractivity contribution in [3.63, 3.8) is 0 Å². The lowest BCUT2D eigenvalue weighted by atomic mass is 10.3. The van der Waals surface area contributed by atoms with Crippen LogP contribution in [-0.4, -0.2) is 36.2 Å². The fraction of sp³-hybridized carbons (Fsp3) is 0.222. The Morgan fingerprint density at radius 1 is 1.31 bits per heavy atom. The molecule has 0 aliphatic heterocycles. The second kappa shape index (κ2) is 8.48. The summed E-state index contributed by atoms with van der Waals surface area (Å²) >= 11 is 1.34. The zero-order valence-electron chi connectivity index (χ0n) is 14.5. The van der Waals surface area contributed by atoms with E-state index in [1.54, 1.807) is 12.3 Å². The van der Waals surface area contributed by atoms with Crippen LogP contribution in [0.25, 0.3) is 11.4 Å². The van der Waals surface area contributed by atoms with Crippen LogP contribution in [-0.2, 0) is 17.9 Å². The minimum absolute atomic E-state index is 0.0882. The molecule has 3 aromatic rings. The van der Waals surface area contributed by atoms with E-state index >= 15 is 0 Å². The molecular weight excluding hydrogens is 348 g/mol. The van der Waals surface area contributed by atoms with E-state index in [0.29, 0.717) is 11.7 Å². The number of para-hydroxylation sites is 1. The summed E-state index contributed by atoms with van der Waals surface area (Å²) in [5.41, 5.74) is 1.67. The largest absolute Gasteiger partial charge is 0.325 e. The van der Waals surface area contributed by atoms with Crippen molar-refractivity contribution >= 4 is 23.4 Å². The lowest BCUT2D eigenvalue weighted by Gasteiger charge is -2.07. The van der Waals surface area contributed by atoms with Crippen LogP contribution in [0.4, 0.5) is 5.69 Å². The van der Waals surface area contributed by atoms with Gasteiger partial charge in [-0.15, -0.1) is 16.8 Å². The smallest absolute Gasteiger partial charge is 0.234 e. The normalized spacial score (nSPS) is 10.7. The van der Waals surface area contributed by atoms with Crippen LogP contribution < -0.4 is 5.32 Å². The highest BCUT2D eigenvalue weighted by Crippen LogP contribution is 2.24. The number of hydrogen-bond acceptors (Lipinski definition) is 5. The molecule has 134 valence electrons. The molecule has 3 rings (SSSR count). The SMILES string of the molecule is C=CCn1c(SCC(=O)Nc2ccccc2)nnc1-c1cnn(CC)c1. The van der Waals surface area contributed by atoms with Gasteiger partial charge >= 0.3 is 0 Å². The molecule has 1 amide bonds. The van der Waals surface area contributed by atoms with Gasteiger partial charge in [-0.1, -0.05) is 36.0 Å². The second-order valence-corrected chi connectivity index (χ2v) is 6.44. The molecule has 0 saturated carbocycles. The predicted octanol–water partition coefficient (Wildman–Crippen LogP) is 3.08. The molecule has 1 N–H and O–H groups in total. The van der Waals surface area contributed by atoms with E-state index in [9.17, 15) is 4.79 Å². The molecule has 7 nitrogen and oxygen atoms in total. The Bertz CT molecular complexity index is 886. The number of thioether (sulfide) groups is 1. The Hall–Kier alpha value is -2.87. The van der Waals surface area contributed by atoms with Crippen LogP contribution in [0.1, 0.15) is 6.92 Å². The van der Waals surface area contributed by atoms with E-state index in [2.05, 4.69) is 27.2 Å². The van der Waals surface area contributed by atoms with Crippen molar-refractivity contribution in [2.24, 2.45) is 0 Å². The van der Waals surface area contributed by atoms with Gasteiger partial charge in [0.05, 0.1) is 17.5 Å². The van der Waals surface area contributed by atoms with Gasteiger partial charge in [0, 0.05) is 25.0 Å². The highest BCUT2D eigenvalue weighted by Gasteiger charge is 2.16. The van der Waals surface area contributed by atoms with Gasteiger partial charge in [0.15, 0.2) is 11.0 Å². The monoisotopic (exact) mass is 368 g/mol. The molecule has 0 atom stereocenters. The van der Waals surface area contributed by atoms with Crippen LogP contribution >= 0.6 is 11.8 Å². The third kappa shape index (κ3) is 4.20. The molecule has 0 aliphatic carbocycles. The molecule has 0 spiro atoms. The number of aromatic nitrogens is 5. The summed E-state index contributed by atoms with van der Waals surface area (Å²) in [4.78, 5) is 12.2. The minimum Gasteiger partial charge on any atom is -0.325 e. The predicted molar refractivity (Wildman–Crippen MR) is 103 cm³/mol. The molecule has 2 heterocycles. The van der Waals surface area contributed by atoms with E-state index in [-0.39, 0.29) is 11.7 Å². The molecule has 8 heteroatoms. The Morgan fingerprint density at radius 2 is 2.12 bits per heavy atom. The summed E-state index contributed by atoms with van der Waals surface area (Å²) < 4.78 is 3.77. The first-order valence-electron chi connectivity index (χ1n) is 8.26. The Balaban J connectivity index is 1.71. The number of rotatable bonds is 8. The average Bonchev–Trinajstić information content (AvgIpc) is 3.28. The van der Waals surface area contributed by atoms with Gasteiger partial charge < -0.3 is 5.32 Å². The van der Waals surface area contributed by atoms with Crippen molar-refractivity contribution in [1.82, 2.24) is 24.5 Å². The number of carbonyl (C=O) groups excluding carboxylic acids is 1. The molecule has 0 fully saturated rings. The van der Waals surface area contributed by atoms with Crippen molar-refractivity contribution in [2.75, 3.05) is 11.1 Å². The van der Waals surface area contributed by atoms with Gasteiger partial charge in [-0.25, -0.2) is 0 Å². The van der Waals surface area contributed by atoms with Crippen LogP contribution in [0.3, 0.4) is 0 Å². The summed E-state index contributed by atoms with van der Waals surface area (Å²) in [5, 5.41) is 16.3. The molecule has 26 heavy (non-hydrogen) atoms. The lowest BCUT2D eigenvalue weighted by Crippen LogP contribution is -2.14. The maximum absolute atomic E-state index is 12.2. The fourth-order valence-electron chi connectivity index (χ4n) is 2.40. The first-order valence-corrected chi connectivity index (χ1v) is 9.24. The number of nitrogens with zero attached hydrogens (tertiary/aromatic N) is 5. The van der Waals surface area contributed by atoms with E-state index in [4.69, 9.17) is 0 Å². The third-order valence-electron chi connectivity index (χ3n) is 3.63. The first kappa shape index (κ1) is 17.9. The summed E-state index contributed by atoms with van der Waals surface area (Å²) in [6, 6.07) is 9.38. The van der Waals surface area contributed by atoms with Gasteiger partial charge in [0.2, 0.25) is 5.91 Å². The molecule has 2 aromatic heterocycles. The van der Waals surface area contributed by atoms with Gasteiger partial charge in [0.1, 0.15) is 0 Å². The van der Waals surface area contributed by atoms with Crippen LogP contribution in [0.5, 0.6) is 0 Å². The summed E-state index contributed by atoms with van der Waals surface area (Å²) in [6.45, 7) is 7.17. The number of nitrogens with one attached hydrogen (secondary N) is 1. The molecule has 0 radical (unpaired) electrons. The quantitative estimate of drug-likeness (QED) is 0.488. The van der Waals surface area contributed by atoms with E-state index in [1.807, 2.05) is 52.7 Å². The molecule has 0 aliphatic rings. The number of amides is 1. The highest BCUT2D eigenvalue weighted by molar-refractivity contribution is 7.99. The number of allylic oxidation sites excluding steroid dienone is 1. The number of anilines is 1. The van der Waals surface area contributed by atoms with Crippen molar-refractivity contribution in [2.45, 2.75) is 25.2 Å². The molecular formula is C18H20N6OS. The zero-order chi connectivity index (χ0) is 18.4. The van der Waals surface area contributed by atoms with E-state index in [1.165, 1.54) is 11.8 Å². The minimum atomic E-state index is -0.0882. The van der Waals surface area contributed by atoms with E-state index in [0.717, 1.165) is 23.6 Å². The van der Waals surface area contributed by atoms with Crippen molar-refractivity contribution < 1.29 is 4.79 Å². The lowest BCUT2D eigenvalue weighted by molar-refractivity contribution is -0.113. The Labute approximate surface area is 156 Å². The molecule has 1 aromatic carbocycles. The molecule has 0 unspecified atom stereocenters. The number of hydrogen-bond donors (Lipinski definition) is 1. The third-order valence-corrected chi connectivity index (χ3v) is 4.60. The average molecular weight is 368 g/mol. The van der Waals surface area contributed by atoms with Crippen molar-refractivity contribution in [1.29, 1.82) is 0 Å². The maximum Gasteiger partial charge on any atom is 0.234 e. The van der Waals surface area contributed by atoms with Crippen LogP contribution in [0.2, 0.25) is 0 Å². The zero-order valence-corrected chi connectivity index (χ0v) is 15.3. The highest BCUT2D eigenvalue weighted by atomic mass is 32.2. The summed E-state index contributed by atoms with van der Waals surface area (Å²) in [6.07, 6.45) is 5.48. The fourth-order valence-corrected chi connectivity index (χ4v) is 3.15. The Kier molecular flexibility index (Phi) is 5.85. The Morgan fingerprint density at radius 3 is 2.81 bits per heavy atom. The van der Waals surface area contributed by atoms with Crippen molar-refractivity contribution in [3.8, 4) is 11.4 Å². The van der Waals surface area contributed by atoms with Gasteiger partial charge in [-0.05, 0) is 19.1 Å². The van der Waals surface area contributed by atoms with Crippen LogP contribution in [0.15, 0.2) is 60.5 Å². The first-order chi connectivity index (χ1) is 12.7. The number of carbonyl (C=O) groups is 1. The maximum atomic E-state index is 12.2. The van der Waals surface area contributed by atoms with Gasteiger partial charge in [-0.3, -0.25) is 14.0 Å². The van der Waals surface area contributed by atoms with Crippen molar-refractivity contribution in [3.05, 3.63) is 55.4 Å². The summed E-state index contributed by atoms with van der Waals surface area (Å²) in [7, 11) is 0. The molecule has 0 saturated heterocycles. The standard InChI is InChI=1S/C18H20N6OS/c1-3-10-24-17(14-11-19-23(4-2)12-14)21-22-18(24)26-13-16(25)20-15-8-6-5-7-9-15/h3,5-9,11-12H,1,4,10,13H2,2H3,(H,20,25). The van der Waals surface area contributed by atoms with Gasteiger partial charge in [0.25, 0.3) is 0 Å². The van der Waals surface area contributed by atoms with Gasteiger partial charge in [-0.2, -0.15) is 5.10 Å².